The Morgan fingerprint density at radius 2 is 1.68 bits per heavy atom. The van der Waals surface area contributed by atoms with E-state index in [1.165, 1.54) is 12.1 Å². The number of aromatic nitrogens is 1. The Kier molecular flexibility index (Phi) is 3.78. The predicted octanol–water partition coefficient (Wildman–Crippen LogP) is 3.91. The lowest BCUT2D eigenvalue weighted by Crippen LogP contribution is -2.04. The summed E-state index contributed by atoms with van der Waals surface area (Å²) in [5, 5.41) is 9.05. The topological polar surface area (TPSA) is 33.1 Å². The molecule has 0 unspecified atom stereocenters. The fourth-order valence-corrected chi connectivity index (χ4v) is 1.89. The summed E-state index contributed by atoms with van der Waals surface area (Å²) in [6.07, 6.45) is -4.36. The first-order valence-corrected chi connectivity index (χ1v) is 5.73. The first kappa shape index (κ1) is 13.8. The number of halogens is 4. The molecule has 1 aromatic heterocycles. The summed E-state index contributed by atoms with van der Waals surface area (Å²) in [6, 6.07) is 7.84. The van der Waals surface area contributed by atoms with Gasteiger partial charge in [0.25, 0.3) is 0 Å². The van der Waals surface area contributed by atoms with E-state index in [9.17, 15) is 13.2 Å². The predicted molar refractivity (Wildman–Crippen MR) is 65.6 cm³/mol. The van der Waals surface area contributed by atoms with Gasteiger partial charge < -0.3 is 5.11 Å². The molecule has 0 bridgehead atoms. The SMILES string of the molecule is OCc1ccc(-c2ccc(C(F)(F)F)cc2)c(Cl)n1. The minimum atomic E-state index is -4.36. The lowest BCUT2D eigenvalue weighted by Gasteiger charge is -2.09. The second-order valence-electron chi connectivity index (χ2n) is 3.87. The number of aliphatic hydroxyl groups excluding tert-OH is 1. The lowest BCUT2D eigenvalue weighted by molar-refractivity contribution is -0.137. The van der Waals surface area contributed by atoms with Crippen LogP contribution in [0.2, 0.25) is 5.15 Å². The van der Waals surface area contributed by atoms with Crippen molar-refractivity contribution in [2.75, 3.05) is 0 Å². The molecular weight excluding hydrogens is 279 g/mol. The highest BCUT2D eigenvalue weighted by Crippen LogP contribution is 2.32. The molecule has 100 valence electrons. The molecule has 0 atom stereocenters. The van der Waals surface area contributed by atoms with Gasteiger partial charge in [-0.2, -0.15) is 13.2 Å². The molecule has 19 heavy (non-hydrogen) atoms. The van der Waals surface area contributed by atoms with E-state index in [2.05, 4.69) is 4.98 Å². The second-order valence-corrected chi connectivity index (χ2v) is 4.23. The van der Waals surface area contributed by atoms with Crippen LogP contribution in [0.1, 0.15) is 11.3 Å². The van der Waals surface area contributed by atoms with E-state index in [1.54, 1.807) is 12.1 Å². The number of hydrogen-bond donors (Lipinski definition) is 1. The highest BCUT2D eigenvalue weighted by molar-refractivity contribution is 6.32. The van der Waals surface area contributed by atoms with Crippen molar-refractivity contribution in [3.05, 3.63) is 52.8 Å². The van der Waals surface area contributed by atoms with Gasteiger partial charge in [-0.25, -0.2) is 4.98 Å². The molecular formula is C13H9ClF3NO. The van der Waals surface area contributed by atoms with Gasteiger partial charge in [0.15, 0.2) is 0 Å². The van der Waals surface area contributed by atoms with E-state index in [-0.39, 0.29) is 11.8 Å². The standard InChI is InChI=1S/C13H9ClF3NO/c14-12-11(6-5-10(7-19)18-12)8-1-3-9(4-2-8)13(15,16)17/h1-6,19H,7H2. The summed E-state index contributed by atoms with van der Waals surface area (Å²) in [6.45, 7) is -0.243. The van der Waals surface area contributed by atoms with E-state index < -0.39 is 11.7 Å². The van der Waals surface area contributed by atoms with Crippen LogP contribution in [-0.2, 0) is 12.8 Å². The van der Waals surface area contributed by atoms with Crippen LogP contribution >= 0.6 is 11.6 Å². The summed E-state index contributed by atoms with van der Waals surface area (Å²) < 4.78 is 37.3. The number of nitrogens with zero attached hydrogens (tertiary/aromatic N) is 1. The Labute approximate surface area is 112 Å². The molecule has 0 fully saturated rings. The molecule has 0 aliphatic carbocycles. The first-order chi connectivity index (χ1) is 8.91. The molecule has 2 aromatic rings. The molecule has 1 N–H and O–H groups in total. The molecule has 2 nitrogen and oxygen atoms in total. The van der Waals surface area contributed by atoms with Crippen molar-refractivity contribution in [1.29, 1.82) is 0 Å². The first-order valence-electron chi connectivity index (χ1n) is 5.35. The van der Waals surface area contributed by atoms with Crippen molar-refractivity contribution in [3.63, 3.8) is 0 Å². The quantitative estimate of drug-likeness (QED) is 0.850. The molecule has 0 saturated heterocycles. The fraction of sp³-hybridized carbons (Fsp3) is 0.154. The van der Waals surface area contributed by atoms with Crippen molar-refractivity contribution in [2.24, 2.45) is 0 Å². The van der Waals surface area contributed by atoms with Gasteiger partial charge in [0.1, 0.15) is 5.15 Å². The van der Waals surface area contributed by atoms with Gasteiger partial charge in [-0.15, -0.1) is 0 Å². The van der Waals surface area contributed by atoms with Crippen LogP contribution in [0.5, 0.6) is 0 Å². The van der Waals surface area contributed by atoms with Crippen LogP contribution in [-0.4, -0.2) is 10.1 Å². The average Bonchev–Trinajstić information content (AvgIpc) is 2.37. The number of hydrogen-bond acceptors (Lipinski definition) is 2. The minimum absolute atomic E-state index is 0.145. The third-order valence-electron chi connectivity index (χ3n) is 2.59. The minimum Gasteiger partial charge on any atom is -0.390 e. The summed E-state index contributed by atoms with van der Waals surface area (Å²) >= 11 is 5.93. The van der Waals surface area contributed by atoms with Gasteiger partial charge in [-0.3, -0.25) is 0 Å². The van der Waals surface area contributed by atoms with Crippen LogP contribution < -0.4 is 0 Å². The zero-order valence-electron chi connectivity index (χ0n) is 9.58. The highest BCUT2D eigenvalue weighted by atomic mass is 35.5. The zero-order valence-corrected chi connectivity index (χ0v) is 10.3. The van der Waals surface area contributed by atoms with Gasteiger partial charge in [0.05, 0.1) is 17.9 Å². The summed E-state index contributed by atoms with van der Waals surface area (Å²) in [5.74, 6) is 0. The van der Waals surface area contributed by atoms with E-state index in [4.69, 9.17) is 16.7 Å². The molecule has 0 spiro atoms. The molecule has 1 aromatic carbocycles. The van der Waals surface area contributed by atoms with Gasteiger partial charge in [0, 0.05) is 5.56 Å². The molecule has 0 aliphatic rings. The number of rotatable bonds is 2. The zero-order chi connectivity index (χ0) is 14.0. The number of aliphatic hydroxyl groups is 1. The maximum absolute atomic E-state index is 12.4. The Bertz CT molecular complexity index is 581. The third kappa shape index (κ3) is 3.05. The number of alkyl halides is 3. The summed E-state index contributed by atoms with van der Waals surface area (Å²) in [5.41, 5.74) is 0.746. The molecule has 0 aliphatic heterocycles. The second kappa shape index (κ2) is 5.19. The molecule has 0 radical (unpaired) electrons. The maximum atomic E-state index is 12.4. The Morgan fingerprint density at radius 3 is 2.16 bits per heavy atom. The monoisotopic (exact) mass is 287 g/mol. The summed E-state index contributed by atoms with van der Waals surface area (Å²) in [4.78, 5) is 3.93. The van der Waals surface area contributed by atoms with E-state index in [0.29, 0.717) is 16.8 Å². The largest absolute Gasteiger partial charge is 0.416 e. The third-order valence-corrected chi connectivity index (χ3v) is 2.88. The number of pyridine rings is 1. The maximum Gasteiger partial charge on any atom is 0.416 e. The fourth-order valence-electron chi connectivity index (χ4n) is 1.61. The van der Waals surface area contributed by atoms with Crippen LogP contribution in [0.4, 0.5) is 13.2 Å². The van der Waals surface area contributed by atoms with Crippen molar-refractivity contribution < 1.29 is 18.3 Å². The molecule has 6 heteroatoms. The van der Waals surface area contributed by atoms with Gasteiger partial charge in [-0.05, 0) is 29.8 Å². The van der Waals surface area contributed by atoms with Crippen LogP contribution in [0.15, 0.2) is 36.4 Å². The molecule has 1 heterocycles. The van der Waals surface area contributed by atoms with Crippen molar-refractivity contribution in [1.82, 2.24) is 4.98 Å². The van der Waals surface area contributed by atoms with Crippen LogP contribution in [0.3, 0.4) is 0 Å². The van der Waals surface area contributed by atoms with Crippen LogP contribution in [0.25, 0.3) is 11.1 Å². The van der Waals surface area contributed by atoms with E-state index >= 15 is 0 Å². The van der Waals surface area contributed by atoms with Gasteiger partial charge in [0.2, 0.25) is 0 Å². The summed E-state index contributed by atoms with van der Waals surface area (Å²) in [7, 11) is 0. The average molecular weight is 288 g/mol. The van der Waals surface area contributed by atoms with Crippen LogP contribution in [0, 0.1) is 0 Å². The molecule has 2 rings (SSSR count). The van der Waals surface area contributed by atoms with E-state index in [0.717, 1.165) is 12.1 Å². The normalized spacial score (nSPS) is 11.6. The molecule has 0 saturated carbocycles. The molecule has 0 amide bonds. The number of benzene rings is 1. The Balaban J connectivity index is 2.37. The lowest BCUT2D eigenvalue weighted by atomic mass is 10.1. The van der Waals surface area contributed by atoms with Gasteiger partial charge in [-0.1, -0.05) is 23.7 Å². The van der Waals surface area contributed by atoms with Crippen molar-refractivity contribution >= 4 is 11.6 Å². The Hall–Kier alpha value is -1.59. The highest BCUT2D eigenvalue weighted by Gasteiger charge is 2.30. The van der Waals surface area contributed by atoms with Crippen molar-refractivity contribution in [3.8, 4) is 11.1 Å². The Morgan fingerprint density at radius 1 is 1.05 bits per heavy atom. The van der Waals surface area contributed by atoms with Crippen molar-refractivity contribution in [2.45, 2.75) is 12.8 Å². The smallest absolute Gasteiger partial charge is 0.390 e. The van der Waals surface area contributed by atoms with Gasteiger partial charge >= 0.3 is 6.18 Å². The van der Waals surface area contributed by atoms with E-state index in [1.807, 2.05) is 0 Å².